The van der Waals surface area contributed by atoms with Crippen LogP contribution in [0.15, 0.2) is 33.2 Å². The van der Waals surface area contributed by atoms with Gasteiger partial charge >= 0.3 is 24.8 Å². The second kappa shape index (κ2) is 5.45. The summed E-state index contributed by atoms with van der Waals surface area (Å²) in [5.41, 5.74) is -0.113. The molecule has 17 heavy (non-hydrogen) atoms. The van der Waals surface area contributed by atoms with Crippen LogP contribution in [0.4, 0.5) is 0 Å². The molecule has 0 fully saturated rings. The molecule has 2 N–H and O–H groups in total. The summed E-state index contributed by atoms with van der Waals surface area (Å²) in [6.07, 6.45) is 0. The van der Waals surface area contributed by atoms with E-state index >= 15 is 0 Å². The molecule has 0 saturated heterocycles. The van der Waals surface area contributed by atoms with Crippen molar-refractivity contribution >= 4 is 67.5 Å². The molecule has 0 aliphatic heterocycles. The first-order chi connectivity index (χ1) is 7.50. The molecule has 0 bridgehead atoms. The predicted octanol–water partition coefficient (Wildman–Crippen LogP) is 3.12. The van der Waals surface area contributed by atoms with Gasteiger partial charge in [-0.25, -0.2) is 4.79 Å². The fourth-order valence-electron chi connectivity index (χ4n) is 1.49. The zero-order chi connectivity index (χ0) is 11.9. The molecule has 3 nitrogen and oxygen atoms in total. The minimum absolute atomic E-state index is 0. The summed E-state index contributed by atoms with van der Waals surface area (Å²) < 4.78 is 1.25. The third-order valence-electron chi connectivity index (χ3n) is 2.24. The number of carbonyl (C=O) groups is 1. The van der Waals surface area contributed by atoms with E-state index in [9.17, 15) is 9.90 Å². The van der Waals surface area contributed by atoms with Crippen LogP contribution in [0.2, 0.25) is 0 Å². The van der Waals surface area contributed by atoms with E-state index in [1.165, 1.54) is 6.07 Å². The molecule has 2 aromatic rings. The van der Waals surface area contributed by atoms with E-state index in [4.69, 9.17) is 5.11 Å². The molecule has 0 atom stereocenters. The van der Waals surface area contributed by atoms with Gasteiger partial charge in [-0.2, -0.15) is 0 Å². The van der Waals surface area contributed by atoms with Gasteiger partial charge in [-0.1, -0.05) is 22.0 Å². The number of fused-ring (bicyclic) bond motifs is 1. The van der Waals surface area contributed by atoms with Crippen molar-refractivity contribution in [3.8, 4) is 5.75 Å². The zero-order valence-corrected chi connectivity index (χ0v) is 11.0. The maximum atomic E-state index is 10.9. The van der Waals surface area contributed by atoms with Crippen LogP contribution < -0.4 is 0 Å². The molecule has 2 aromatic carbocycles. The van der Waals surface area contributed by atoms with Crippen molar-refractivity contribution in [2.75, 3.05) is 0 Å². The van der Waals surface area contributed by atoms with Gasteiger partial charge in [0.05, 0.1) is 4.47 Å². The van der Waals surface area contributed by atoms with Crippen LogP contribution in [0, 0.1) is 0 Å². The predicted molar refractivity (Wildman–Crippen MR) is 75.1 cm³/mol. The van der Waals surface area contributed by atoms with Crippen LogP contribution >= 0.6 is 31.9 Å². The molecule has 2 rings (SSSR count). The number of hydrogen-bond acceptors (Lipinski definition) is 2. The summed E-state index contributed by atoms with van der Waals surface area (Å²) in [6.45, 7) is 0. The van der Waals surface area contributed by atoms with Gasteiger partial charge in [-0.3, -0.25) is 0 Å². The molecule has 0 amide bonds. The zero-order valence-electron chi connectivity index (χ0n) is 7.87. The van der Waals surface area contributed by atoms with Crippen LogP contribution in [-0.4, -0.2) is 35.0 Å². The van der Waals surface area contributed by atoms with Crippen LogP contribution in [0.5, 0.6) is 5.75 Å². The third-order valence-corrected chi connectivity index (χ3v) is 3.54. The van der Waals surface area contributed by atoms with E-state index < -0.39 is 5.97 Å². The number of phenols is 1. The van der Waals surface area contributed by atoms with Gasteiger partial charge in [0, 0.05) is 4.47 Å². The van der Waals surface area contributed by atoms with Crippen LogP contribution in [0.1, 0.15) is 10.4 Å². The first-order valence-electron chi connectivity index (χ1n) is 4.34. The van der Waals surface area contributed by atoms with E-state index in [0.29, 0.717) is 4.47 Å². The Bertz CT molecular complexity index is 599. The SMILES string of the molecule is O=C(O)c1cc2cc(Br)ccc2c(Br)c1O.[LiH]. The number of aromatic carboxylic acids is 1. The Morgan fingerprint density at radius 1 is 1.18 bits per heavy atom. The fourth-order valence-corrected chi connectivity index (χ4v) is 2.44. The molecule has 0 saturated carbocycles. The Balaban J connectivity index is 0.00000144. The average molecular weight is 354 g/mol. The average Bonchev–Trinajstić information content (AvgIpc) is 2.22. The maximum absolute atomic E-state index is 10.9. The topological polar surface area (TPSA) is 57.5 Å². The summed E-state index contributed by atoms with van der Waals surface area (Å²) in [6, 6.07) is 6.87. The first-order valence-corrected chi connectivity index (χ1v) is 5.93. The summed E-state index contributed by atoms with van der Waals surface area (Å²) >= 11 is 6.51. The second-order valence-electron chi connectivity index (χ2n) is 3.26. The van der Waals surface area contributed by atoms with Crippen LogP contribution in [0.25, 0.3) is 10.8 Å². The molecule has 84 valence electrons. The van der Waals surface area contributed by atoms with Crippen molar-refractivity contribution in [3.63, 3.8) is 0 Å². The molecule has 0 unspecified atom stereocenters. The summed E-state index contributed by atoms with van der Waals surface area (Å²) in [5.74, 6) is -1.40. The summed E-state index contributed by atoms with van der Waals surface area (Å²) in [7, 11) is 0. The Morgan fingerprint density at radius 2 is 1.82 bits per heavy atom. The molecule has 6 heteroatoms. The molecule has 0 radical (unpaired) electrons. The van der Waals surface area contributed by atoms with E-state index in [1.54, 1.807) is 12.1 Å². The van der Waals surface area contributed by atoms with Crippen molar-refractivity contribution in [3.05, 3.63) is 38.8 Å². The Morgan fingerprint density at radius 3 is 2.41 bits per heavy atom. The molecule has 0 aliphatic rings. The molecule has 0 aliphatic carbocycles. The number of carboxylic acids is 1. The molecule has 0 spiro atoms. The van der Waals surface area contributed by atoms with Crippen LogP contribution in [-0.2, 0) is 0 Å². The molecular weight excluding hydrogens is 347 g/mol. The van der Waals surface area contributed by atoms with Crippen molar-refractivity contribution < 1.29 is 15.0 Å². The van der Waals surface area contributed by atoms with E-state index in [-0.39, 0.29) is 30.2 Å². The van der Waals surface area contributed by atoms with Crippen molar-refractivity contribution in [2.45, 2.75) is 0 Å². The van der Waals surface area contributed by atoms with E-state index in [2.05, 4.69) is 31.9 Å². The van der Waals surface area contributed by atoms with E-state index in [0.717, 1.165) is 15.2 Å². The second-order valence-corrected chi connectivity index (χ2v) is 4.97. The van der Waals surface area contributed by atoms with Gasteiger partial charge in [0.1, 0.15) is 11.3 Å². The van der Waals surface area contributed by atoms with Gasteiger partial charge in [0.2, 0.25) is 0 Å². The standard InChI is InChI=1S/C11H6Br2O3.Li.H/c12-6-1-2-7-5(3-6)4-8(11(15)16)10(14)9(7)13;;/h1-4,14H,(H,15,16);;. The Hall–Kier alpha value is -0.473. The third kappa shape index (κ3) is 2.69. The van der Waals surface area contributed by atoms with Crippen molar-refractivity contribution in [2.24, 2.45) is 0 Å². The van der Waals surface area contributed by atoms with Crippen molar-refractivity contribution in [1.82, 2.24) is 0 Å². The molecule has 0 aromatic heterocycles. The molecule has 0 heterocycles. The minimum atomic E-state index is -1.15. The number of rotatable bonds is 1. The van der Waals surface area contributed by atoms with Gasteiger partial charge in [-0.05, 0) is 44.9 Å². The Labute approximate surface area is 126 Å². The van der Waals surface area contributed by atoms with E-state index in [1.807, 2.05) is 6.07 Å². The first kappa shape index (κ1) is 14.6. The number of benzene rings is 2. The number of halogens is 2. The monoisotopic (exact) mass is 352 g/mol. The fraction of sp³-hybridized carbons (Fsp3) is 0. The van der Waals surface area contributed by atoms with Crippen LogP contribution in [0.3, 0.4) is 0 Å². The molecular formula is C11H7Br2LiO3. The van der Waals surface area contributed by atoms with Gasteiger partial charge in [-0.15, -0.1) is 0 Å². The van der Waals surface area contributed by atoms with Gasteiger partial charge in [0.25, 0.3) is 0 Å². The number of hydrogen-bond donors (Lipinski definition) is 2. The quantitative estimate of drug-likeness (QED) is 0.774. The summed E-state index contributed by atoms with van der Waals surface area (Å²) in [5, 5.41) is 20.1. The number of carboxylic acid groups (broad SMARTS) is 1. The summed E-state index contributed by atoms with van der Waals surface area (Å²) in [4.78, 5) is 10.9. The number of aromatic hydroxyl groups is 1. The van der Waals surface area contributed by atoms with Crippen molar-refractivity contribution in [1.29, 1.82) is 0 Å². The van der Waals surface area contributed by atoms with Gasteiger partial charge < -0.3 is 10.2 Å². The van der Waals surface area contributed by atoms with Gasteiger partial charge in [0.15, 0.2) is 0 Å². The normalized spacial score (nSPS) is 10.0. The Kier molecular flexibility index (Phi) is 4.67.